The van der Waals surface area contributed by atoms with Crippen LogP contribution in [0.15, 0.2) is 42.6 Å². The Morgan fingerprint density at radius 1 is 1.17 bits per heavy atom. The van der Waals surface area contributed by atoms with E-state index in [0.29, 0.717) is 48.0 Å². The van der Waals surface area contributed by atoms with Gasteiger partial charge in [-0.05, 0) is 30.7 Å². The molecule has 0 saturated heterocycles. The largest absolute Gasteiger partial charge is 0.487 e. The quantitative estimate of drug-likeness (QED) is 0.395. The molecule has 3 N–H and O–H groups in total. The molecule has 1 saturated carbocycles. The van der Waals surface area contributed by atoms with Crippen LogP contribution in [0.4, 0.5) is 29.5 Å². The van der Waals surface area contributed by atoms with E-state index in [1.807, 2.05) is 6.07 Å². The number of carbonyl (C=O) groups excluding carboxylic acids is 2. The number of hydrogen-bond acceptors (Lipinski definition) is 6. The minimum Gasteiger partial charge on any atom is -0.487 e. The zero-order valence-corrected chi connectivity index (χ0v) is 19.0. The van der Waals surface area contributed by atoms with E-state index in [4.69, 9.17) is 9.47 Å². The molecule has 3 atom stereocenters. The second kappa shape index (κ2) is 9.40. The van der Waals surface area contributed by atoms with Crippen molar-refractivity contribution < 1.29 is 32.2 Å². The van der Waals surface area contributed by atoms with E-state index < -0.39 is 35.2 Å². The van der Waals surface area contributed by atoms with Gasteiger partial charge < -0.3 is 30.2 Å². The van der Waals surface area contributed by atoms with Crippen molar-refractivity contribution in [2.45, 2.75) is 30.9 Å². The highest BCUT2D eigenvalue weighted by Crippen LogP contribution is 2.54. The topological polar surface area (TPSA) is 102 Å². The van der Waals surface area contributed by atoms with Crippen LogP contribution in [-0.2, 0) is 11.2 Å². The molecular formula is C25H21F3N4O4. The van der Waals surface area contributed by atoms with Crippen molar-refractivity contribution in [3.63, 3.8) is 0 Å². The number of nitrogens with one attached hydrogen (secondary N) is 3. The van der Waals surface area contributed by atoms with Gasteiger partial charge in [-0.15, -0.1) is 0 Å². The van der Waals surface area contributed by atoms with Crippen LogP contribution in [0.5, 0.6) is 17.2 Å². The Kier molecular flexibility index (Phi) is 6.13. The lowest BCUT2D eigenvalue weighted by Gasteiger charge is -2.15. The predicted molar refractivity (Wildman–Crippen MR) is 124 cm³/mol. The highest BCUT2D eigenvalue weighted by Gasteiger charge is 2.59. The third-order valence-electron chi connectivity index (χ3n) is 6.09. The first-order valence-electron chi connectivity index (χ1n) is 11.2. The number of ether oxygens (including phenoxy) is 2. The molecular weight excluding hydrogens is 477 g/mol. The standard InChI is InChI=1S/C25H21F3N4O4/c1-29-24-14(3-2-8-33)19(6-7-30-24)35-13-4-5-18-15(11-13)20-22(23(20)36-18)32-25(34)31-21-16(27)9-12(26)10-17(21)28/h4-11,20,22-23H,2-3H2,1H3,(H,29,30)(H2,31,32,34)/t20?,22-,23?/m0/s1. The summed E-state index contributed by atoms with van der Waals surface area (Å²) in [5.41, 5.74) is 0.851. The zero-order chi connectivity index (χ0) is 25.4. The van der Waals surface area contributed by atoms with E-state index in [9.17, 15) is 22.8 Å². The normalized spacial score (nSPS) is 18.9. The molecule has 1 aliphatic heterocycles. The Morgan fingerprint density at radius 2 is 1.94 bits per heavy atom. The second-order valence-corrected chi connectivity index (χ2v) is 8.37. The zero-order valence-electron chi connectivity index (χ0n) is 19.0. The van der Waals surface area contributed by atoms with Gasteiger partial charge in [0.15, 0.2) is 11.6 Å². The van der Waals surface area contributed by atoms with Crippen molar-refractivity contribution in [3.8, 4) is 17.2 Å². The van der Waals surface area contributed by atoms with Crippen LogP contribution < -0.4 is 25.4 Å². The molecule has 0 spiro atoms. The van der Waals surface area contributed by atoms with Crippen LogP contribution in [0.3, 0.4) is 0 Å². The third kappa shape index (κ3) is 4.39. The second-order valence-electron chi connectivity index (χ2n) is 8.37. The Bertz CT molecular complexity index is 1330. The molecule has 0 radical (unpaired) electrons. The number of aromatic nitrogens is 1. The number of aldehydes is 1. The van der Waals surface area contributed by atoms with Gasteiger partial charge in [0.2, 0.25) is 0 Å². The lowest BCUT2D eigenvalue weighted by atomic mass is 10.1. The average Bonchev–Trinajstić information content (AvgIpc) is 3.36. The summed E-state index contributed by atoms with van der Waals surface area (Å²) in [6, 6.07) is 6.75. The van der Waals surface area contributed by atoms with E-state index in [1.54, 1.807) is 31.4 Å². The van der Waals surface area contributed by atoms with Crippen LogP contribution >= 0.6 is 0 Å². The number of fused-ring (bicyclic) bond motifs is 3. The van der Waals surface area contributed by atoms with Gasteiger partial charge in [0.25, 0.3) is 0 Å². The fourth-order valence-corrected chi connectivity index (χ4v) is 4.40. The number of hydrogen-bond donors (Lipinski definition) is 3. The van der Waals surface area contributed by atoms with E-state index >= 15 is 0 Å². The SMILES string of the molecule is CNc1nccc(Oc2ccc3c(c2)C2C(O3)[C@H]2NC(=O)Nc2c(F)cc(F)cc2F)c1CCC=O. The molecule has 5 rings (SSSR count). The van der Waals surface area contributed by atoms with Crippen molar-refractivity contribution in [3.05, 3.63) is 71.2 Å². The number of nitrogens with zero attached hydrogens (tertiary/aromatic N) is 1. The first-order chi connectivity index (χ1) is 17.4. The third-order valence-corrected chi connectivity index (χ3v) is 6.09. The summed E-state index contributed by atoms with van der Waals surface area (Å²) >= 11 is 0. The lowest BCUT2D eigenvalue weighted by molar-refractivity contribution is -0.107. The molecule has 3 aromatic rings. The molecule has 1 aromatic heterocycles. The Morgan fingerprint density at radius 3 is 2.67 bits per heavy atom. The number of anilines is 2. The molecule has 1 fully saturated rings. The van der Waals surface area contributed by atoms with Gasteiger partial charge in [-0.25, -0.2) is 22.9 Å². The lowest BCUT2D eigenvalue weighted by Crippen LogP contribution is -2.34. The minimum absolute atomic E-state index is 0.169. The summed E-state index contributed by atoms with van der Waals surface area (Å²) in [5.74, 6) is -1.33. The average molecular weight is 498 g/mol. The fourth-order valence-electron chi connectivity index (χ4n) is 4.40. The summed E-state index contributed by atoms with van der Waals surface area (Å²) in [6.45, 7) is 0. The maximum atomic E-state index is 13.8. The molecule has 8 nitrogen and oxygen atoms in total. The maximum Gasteiger partial charge on any atom is 0.319 e. The highest BCUT2D eigenvalue weighted by molar-refractivity contribution is 5.90. The van der Waals surface area contributed by atoms with Crippen molar-refractivity contribution in [1.82, 2.24) is 10.3 Å². The van der Waals surface area contributed by atoms with Gasteiger partial charge in [0.05, 0.1) is 12.0 Å². The monoisotopic (exact) mass is 498 g/mol. The van der Waals surface area contributed by atoms with Crippen molar-refractivity contribution in [2.24, 2.45) is 0 Å². The van der Waals surface area contributed by atoms with Crippen LogP contribution in [0.2, 0.25) is 0 Å². The molecule has 2 unspecified atom stereocenters. The molecule has 2 amide bonds. The van der Waals surface area contributed by atoms with Gasteiger partial charge in [0.1, 0.15) is 47.0 Å². The number of amides is 2. The number of pyridine rings is 1. The van der Waals surface area contributed by atoms with Gasteiger partial charge in [-0.3, -0.25) is 0 Å². The van der Waals surface area contributed by atoms with Crippen molar-refractivity contribution in [1.29, 1.82) is 0 Å². The van der Waals surface area contributed by atoms with Crippen LogP contribution in [0.1, 0.15) is 23.5 Å². The number of urea groups is 1. The Labute approximate surface area is 203 Å². The Balaban J connectivity index is 1.29. The number of halogens is 3. The van der Waals surface area contributed by atoms with Crippen LogP contribution in [0.25, 0.3) is 0 Å². The van der Waals surface area contributed by atoms with Crippen molar-refractivity contribution in [2.75, 3.05) is 17.7 Å². The van der Waals surface area contributed by atoms with Gasteiger partial charge >= 0.3 is 6.03 Å². The molecule has 2 aliphatic rings. The molecule has 1 aliphatic carbocycles. The smallest absolute Gasteiger partial charge is 0.319 e. The van der Waals surface area contributed by atoms with Gasteiger partial charge in [-0.2, -0.15) is 0 Å². The first kappa shape index (κ1) is 23.5. The molecule has 36 heavy (non-hydrogen) atoms. The van der Waals surface area contributed by atoms with Gasteiger partial charge in [0, 0.05) is 42.9 Å². The molecule has 0 bridgehead atoms. The first-order valence-corrected chi connectivity index (χ1v) is 11.2. The van der Waals surface area contributed by atoms with Gasteiger partial charge in [-0.1, -0.05) is 0 Å². The summed E-state index contributed by atoms with van der Waals surface area (Å²) < 4.78 is 52.7. The maximum absolute atomic E-state index is 13.8. The van der Waals surface area contributed by atoms with Crippen LogP contribution in [-0.4, -0.2) is 36.5 Å². The Hall–Kier alpha value is -4.28. The van der Waals surface area contributed by atoms with E-state index in [2.05, 4.69) is 20.9 Å². The highest BCUT2D eigenvalue weighted by atomic mass is 19.1. The van der Waals surface area contributed by atoms with E-state index in [-0.39, 0.29) is 12.0 Å². The van der Waals surface area contributed by atoms with E-state index in [1.165, 1.54) is 0 Å². The van der Waals surface area contributed by atoms with Crippen molar-refractivity contribution >= 4 is 23.8 Å². The number of rotatable bonds is 8. The van der Waals surface area contributed by atoms with E-state index in [0.717, 1.165) is 17.4 Å². The molecule has 2 heterocycles. The summed E-state index contributed by atoms with van der Waals surface area (Å²) in [7, 11) is 1.73. The number of carbonyl (C=O) groups is 2. The molecule has 11 heteroatoms. The molecule has 186 valence electrons. The predicted octanol–water partition coefficient (Wildman–Crippen LogP) is 4.51. The molecule has 2 aromatic carbocycles. The summed E-state index contributed by atoms with van der Waals surface area (Å²) in [6.07, 6.45) is 2.88. The fraction of sp³-hybridized carbons (Fsp3) is 0.240. The summed E-state index contributed by atoms with van der Waals surface area (Å²) in [4.78, 5) is 27.5. The van der Waals surface area contributed by atoms with Crippen LogP contribution in [0, 0.1) is 17.5 Å². The summed E-state index contributed by atoms with van der Waals surface area (Å²) in [5, 5.41) is 7.72. The number of benzene rings is 2. The minimum atomic E-state index is -1.22.